The van der Waals surface area contributed by atoms with Gasteiger partial charge in [-0.2, -0.15) is 0 Å². The summed E-state index contributed by atoms with van der Waals surface area (Å²) in [6.07, 6.45) is 3.23. The van der Waals surface area contributed by atoms with Gasteiger partial charge in [-0.3, -0.25) is 19.5 Å². The van der Waals surface area contributed by atoms with Crippen LogP contribution >= 0.6 is 11.3 Å². The van der Waals surface area contributed by atoms with Crippen molar-refractivity contribution in [2.75, 3.05) is 20.3 Å². The highest BCUT2D eigenvalue weighted by Crippen LogP contribution is 2.35. The second kappa shape index (κ2) is 12.3. The summed E-state index contributed by atoms with van der Waals surface area (Å²) >= 11 is 1.21. The first-order valence-corrected chi connectivity index (χ1v) is 14.8. The number of methoxy groups -OCH3 is 1. The van der Waals surface area contributed by atoms with Crippen LogP contribution in [0.2, 0.25) is 0 Å². The molecule has 2 aromatic carbocycles. The smallest absolute Gasteiger partial charge is 0.337 e. The molecule has 228 valence electrons. The maximum Gasteiger partial charge on any atom is 0.337 e. The molecule has 0 bridgehead atoms. The van der Waals surface area contributed by atoms with Gasteiger partial charge in [0.05, 0.1) is 47.1 Å². The van der Waals surface area contributed by atoms with Gasteiger partial charge in [-0.1, -0.05) is 23.5 Å². The molecule has 0 saturated carbocycles. The maximum absolute atomic E-state index is 14.0. The van der Waals surface area contributed by atoms with E-state index in [1.165, 1.54) is 29.2 Å². The molecule has 0 fully saturated rings. The van der Waals surface area contributed by atoms with Crippen LogP contribution in [0.15, 0.2) is 64.0 Å². The molecule has 0 radical (unpaired) electrons. The fraction of sp³-hybridized carbons (Fsp3) is 0.281. The molecule has 0 aliphatic carbocycles. The van der Waals surface area contributed by atoms with Crippen molar-refractivity contribution in [1.29, 1.82) is 0 Å². The number of carbonyl (C=O) groups is 1. The van der Waals surface area contributed by atoms with Crippen molar-refractivity contribution >= 4 is 29.1 Å². The number of aromatic nitrogens is 2. The van der Waals surface area contributed by atoms with E-state index < -0.39 is 16.9 Å². The van der Waals surface area contributed by atoms with Crippen molar-refractivity contribution in [2.24, 2.45) is 4.99 Å². The number of hydrogen-bond acceptors (Lipinski definition) is 9. The number of rotatable bonds is 9. The Morgan fingerprint density at radius 2 is 1.80 bits per heavy atom. The summed E-state index contributed by atoms with van der Waals surface area (Å²) in [5, 5.41) is 11.6. The minimum Gasteiger partial charge on any atom is -0.490 e. The van der Waals surface area contributed by atoms with Crippen LogP contribution < -0.4 is 24.4 Å². The molecular formula is C32H32N4O7S. The maximum atomic E-state index is 14.0. The van der Waals surface area contributed by atoms with Crippen molar-refractivity contribution in [3.8, 4) is 17.2 Å². The molecule has 0 amide bonds. The van der Waals surface area contributed by atoms with Crippen LogP contribution in [0, 0.1) is 30.9 Å². The number of nitrogens with zero attached hydrogens (tertiary/aromatic N) is 4. The lowest BCUT2D eigenvalue weighted by atomic mass is 9.97. The van der Waals surface area contributed by atoms with Crippen molar-refractivity contribution in [3.05, 3.63) is 112 Å². The van der Waals surface area contributed by atoms with E-state index >= 15 is 0 Å². The Morgan fingerprint density at radius 1 is 1.07 bits per heavy atom. The predicted octanol–water partition coefficient (Wildman–Crippen LogP) is 4.44. The Bertz CT molecular complexity index is 2000. The first-order valence-electron chi connectivity index (χ1n) is 14.0. The molecular weight excluding hydrogens is 584 g/mol. The summed E-state index contributed by atoms with van der Waals surface area (Å²) in [6.45, 7) is 10.1. The first-order chi connectivity index (χ1) is 21.1. The van der Waals surface area contributed by atoms with Gasteiger partial charge in [0.1, 0.15) is 0 Å². The monoisotopic (exact) mass is 616 g/mol. The molecule has 2 aromatic heterocycles. The number of fused-ring (bicyclic) bond motifs is 1. The molecule has 44 heavy (non-hydrogen) atoms. The van der Waals surface area contributed by atoms with Crippen LogP contribution in [0.1, 0.15) is 48.0 Å². The lowest BCUT2D eigenvalue weighted by Crippen LogP contribution is -2.39. The summed E-state index contributed by atoms with van der Waals surface area (Å²) in [7, 11) is 1.29. The SMILES string of the molecule is CCOc1ccc([C@H]2C(C(=O)OC)=CN=c3s/c(=C\c4cc(C)n(-c5ccc(C)c([N+](=O)[O-])c5)c4C)c(=O)n32)cc1OCC. The lowest BCUT2D eigenvalue weighted by molar-refractivity contribution is -0.385. The molecule has 1 aliphatic heterocycles. The van der Waals surface area contributed by atoms with Crippen LogP contribution in [-0.4, -0.2) is 40.4 Å². The van der Waals surface area contributed by atoms with Crippen molar-refractivity contribution in [3.63, 3.8) is 0 Å². The quantitative estimate of drug-likeness (QED) is 0.155. The largest absolute Gasteiger partial charge is 0.490 e. The Labute approximate surface area is 257 Å². The van der Waals surface area contributed by atoms with E-state index in [1.54, 1.807) is 43.3 Å². The fourth-order valence-electron chi connectivity index (χ4n) is 5.39. The zero-order valence-corrected chi connectivity index (χ0v) is 26.1. The van der Waals surface area contributed by atoms with E-state index in [0.29, 0.717) is 50.9 Å². The number of benzene rings is 2. The van der Waals surface area contributed by atoms with Gasteiger partial charge in [0, 0.05) is 29.2 Å². The molecule has 5 rings (SSSR count). The minimum atomic E-state index is -0.809. The van der Waals surface area contributed by atoms with E-state index in [9.17, 15) is 19.7 Å². The number of nitro groups is 1. The van der Waals surface area contributed by atoms with Crippen molar-refractivity contribution in [1.82, 2.24) is 9.13 Å². The summed E-state index contributed by atoms with van der Waals surface area (Å²) in [5.74, 6) is 0.456. The summed E-state index contributed by atoms with van der Waals surface area (Å²) in [4.78, 5) is 43.0. The van der Waals surface area contributed by atoms with Gasteiger partial charge in [-0.25, -0.2) is 9.79 Å². The normalized spacial score (nSPS) is 14.5. The van der Waals surface area contributed by atoms with Gasteiger partial charge in [-0.15, -0.1) is 0 Å². The second-order valence-electron chi connectivity index (χ2n) is 10.1. The van der Waals surface area contributed by atoms with Crippen molar-refractivity contribution in [2.45, 2.75) is 40.7 Å². The minimum absolute atomic E-state index is 0.0352. The van der Waals surface area contributed by atoms with Crippen LogP contribution in [0.3, 0.4) is 0 Å². The van der Waals surface area contributed by atoms with Gasteiger partial charge in [0.2, 0.25) is 0 Å². The van der Waals surface area contributed by atoms with Crippen molar-refractivity contribution < 1.29 is 23.9 Å². The van der Waals surface area contributed by atoms with E-state index in [2.05, 4.69) is 4.99 Å². The lowest BCUT2D eigenvalue weighted by Gasteiger charge is -2.23. The number of thiazole rings is 1. The summed E-state index contributed by atoms with van der Waals surface area (Å²) in [5.41, 5.74) is 4.22. The molecule has 0 unspecified atom stereocenters. The summed E-state index contributed by atoms with van der Waals surface area (Å²) < 4.78 is 20.4. The Balaban J connectivity index is 1.65. The van der Waals surface area contributed by atoms with Gasteiger partial charge in [0.15, 0.2) is 16.3 Å². The van der Waals surface area contributed by atoms with E-state index in [4.69, 9.17) is 14.2 Å². The topological polar surface area (TPSA) is 127 Å². The van der Waals surface area contributed by atoms with E-state index in [0.717, 1.165) is 17.0 Å². The molecule has 4 aromatic rings. The fourth-order valence-corrected chi connectivity index (χ4v) is 6.35. The third-order valence-electron chi connectivity index (χ3n) is 7.41. The third-order valence-corrected chi connectivity index (χ3v) is 8.41. The second-order valence-corrected chi connectivity index (χ2v) is 11.1. The molecule has 3 heterocycles. The van der Waals surface area contributed by atoms with E-state index in [-0.39, 0.29) is 16.8 Å². The van der Waals surface area contributed by atoms with Crippen LogP contribution in [-0.2, 0) is 9.53 Å². The van der Waals surface area contributed by atoms with Gasteiger partial charge < -0.3 is 18.8 Å². The zero-order valence-electron chi connectivity index (χ0n) is 25.2. The van der Waals surface area contributed by atoms with Gasteiger partial charge in [0.25, 0.3) is 11.2 Å². The zero-order chi connectivity index (χ0) is 31.7. The number of hydrogen-bond donors (Lipinski definition) is 0. The first kappa shape index (κ1) is 30.5. The Morgan fingerprint density at radius 3 is 2.48 bits per heavy atom. The molecule has 0 N–H and O–H groups in total. The number of nitro benzene ring substituents is 1. The highest BCUT2D eigenvalue weighted by atomic mass is 32.1. The van der Waals surface area contributed by atoms with E-state index in [1.807, 2.05) is 44.4 Å². The average molecular weight is 617 g/mol. The molecule has 1 atom stereocenters. The molecule has 0 saturated heterocycles. The number of carbonyl (C=O) groups excluding carboxylic acids is 1. The number of esters is 1. The highest BCUT2D eigenvalue weighted by Gasteiger charge is 2.31. The number of aryl methyl sites for hydroxylation is 2. The predicted molar refractivity (Wildman–Crippen MR) is 167 cm³/mol. The summed E-state index contributed by atoms with van der Waals surface area (Å²) in [6, 6.07) is 11.6. The Hall–Kier alpha value is -4.97. The molecule has 12 heteroatoms. The average Bonchev–Trinajstić information content (AvgIpc) is 3.47. The van der Waals surface area contributed by atoms with Crippen LogP contribution in [0.5, 0.6) is 11.5 Å². The Kier molecular flexibility index (Phi) is 8.54. The van der Waals surface area contributed by atoms with Crippen LogP contribution in [0.4, 0.5) is 5.69 Å². The molecule has 0 spiro atoms. The van der Waals surface area contributed by atoms with Gasteiger partial charge >= 0.3 is 5.97 Å². The molecule has 1 aliphatic rings. The van der Waals surface area contributed by atoms with Gasteiger partial charge in [-0.05, 0) is 76.1 Å². The number of ether oxygens (including phenoxy) is 3. The third kappa shape index (κ3) is 5.44. The highest BCUT2D eigenvalue weighted by molar-refractivity contribution is 7.07. The van der Waals surface area contributed by atoms with Crippen LogP contribution in [0.25, 0.3) is 11.8 Å². The molecule has 11 nitrogen and oxygen atoms in total. The standard InChI is InChI=1S/C32H32N4O7S/c1-7-42-26-12-10-21(14-27(26)43-8-2)29-24(31(38)41-6)17-33-32-35(29)30(37)28(44-32)15-22-13-19(4)34(20(22)5)23-11-9-18(3)25(16-23)36(39)40/h9-17,29H,7-8H2,1-6H3/b28-15-/t29-/m0/s1.